The lowest BCUT2D eigenvalue weighted by Crippen LogP contribution is -2.45. The Morgan fingerprint density at radius 2 is 2.12 bits per heavy atom. The maximum Gasteiger partial charge on any atom is 0.272 e. The second-order valence-electron chi connectivity index (χ2n) is 4.15. The number of carbonyl (C=O) groups is 2. The molecule has 1 rings (SSSR count). The van der Waals surface area contributed by atoms with Crippen LogP contribution in [0.25, 0.3) is 0 Å². The van der Waals surface area contributed by atoms with Crippen LogP contribution in [0.5, 0.6) is 0 Å². The monoisotopic (exact) mass is 236 g/mol. The summed E-state index contributed by atoms with van der Waals surface area (Å²) < 4.78 is 0. The van der Waals surface area contributed by atoms with Crippen LogP contribution < -0.4 is 11.1 Å². The summed E-state index contributed by atoms with van der Waals surface area (Å²) in [7, 11) is 0. The molecule has 0 aliphatic heterocycles. The third-order valence-corrected chi connectivity index (χ3v) is 2.15. The van der Waals surface area contributed by atoms with E-state index in [0.717, 1.165) is 0 Å². The number of nitrogens with one attached hydrogen (secondary N) is 1. The molecule has 6 heteroatoms. The van der Waals surface area contributed by atoms with Gasteiger partial charge in [-0.1, -0.05) is 13.8 Å². The van der Waals surface area contributed by atoms with Crippen molar-refractivity contribution in [3.63, 3.8) is 0 Å². The Labute approximate surface area is 99.6 Å². The molecule has 0 spiro atoms. The summed E-state index contributed by atoms with van der Waals surface area (Å²) in [6.45, 7) is 3.90. The van der Waals surface area contributed by atoms with Crippen molar-refractivity contribution in [1.29, 1.82) is 0 Å². The largest absolute Gasteiger partial charge is 0.368 e. The van der Waals surface area contributed by atoms with Crippen LogP contribution in [0.15, 0.2) is 18.6 Å². The zero-order valence-corrected chi connectivity index (χ0v) is 9.88. The van der Waals surface area contributed by atoms with Gasteiger partial charge >= 0.3 is 0 Å². The molecule has 0 aromatic carbocycles. The van der Waals surface area contributed by atoms with Crippen molar-refractivity contribution in [2.45, 2.75) is 26.3 Å². The fourth-order valence-electron chi connectivity index (χ4n) is 1.37. The van der Waals surface area contributed by atoms with Gasteiger partial charge < -0.3 is 11.1 Å². The SMILES string of the molecule is CC(C)CC(NC(=O)c1cnccn1)C(N)=O. The van der Waals surface area contributed by atoms with Crippen LogP contribution in [0.2, 0.25) is 0 Å². The van der Waals surface area contributed by atoms with E-state index in [9.17, 15) is 9.59 Å². The summed E-state index contributed by atoms with van der Waals surface area (Å²) in [5, 5.41) is 2.55. The second kappa shape index (κ2) is 5.93. The lowest BCUT2D eigenvalue weighted by molar-refractivity contribution is -0.120. The van der Waals surface area contributed by atoms with E-state index in [0.29, 0.717) is 6.42 Å². The zero-order chi connectivity index (χ0) is 12.8. The van der Waals surface area contributed by atoms with Crippen molar-refractivity contribution in [1.82, 2.24) is 15.3 Å². The first-order chi connectivity index (χ1) is 8.00. The summed E-state index contributed by atoms with van der Waals surface area (Å²) in [6, 6.07) is -0.676. The molecule has 0 saturated heterocycles. The Bertz CT molecular complexity index is 392. The molecule has 0 fully saturated rings. The third kappa shape index (κ3) is 4.18. The van der Waals surface area contributed by atoms with E-state index >= 15 is 0 Å². The summed E-state index contributed by atoms with van der Waals surface area (Å²) in [5.41, 5.74) is 5.39. The van der Waals surface area contributed by atoms with Crippen LogP contribution in [-0.4, -0.2) is 27.8 Å². The standard InChI is InChI=1S/C11H16N4O2/c1-7(2)5-8(10(12)16)15-11(17)9-6-13-3-4-14-9/h3-4,6-8H,5H2,1-2H3,(H2,12,16)(H,15,17). The van der Waals surface area contributed by atoms with Gasteiger partial charge in [0.05, 0.1) is 6.20 Å². The van der Waals surface area contributed by atoms with Crippen molar-refractivity contribution in [3.8, 4) is 0 Å². The summed E-state index contributed by atoms with van der Waals surface area (Å²) in [4.78, 5) is 30.5. The molecule has 0 aliphatic carbocycles. The molecule has 1 atom stereocenters. The minimum atomic E-state index is -0.676. The molecule has 1 aromatic rings. The summed E-state index contributed by atoms with van der Waals surface area (Å²) in [6.07, 6.45) is 4.72. The maximum absolute atomic E-state index is 11.7. The first-order valence-electron chi connectivity index (χ1n) is 5.37. The van der Waals surface area contributed by atoms with Gasteiger partial charge in [0.25, 0.3) is 5.91 Å². The number of hydrogen-bond donors (Lipinski definition) is 2. The lowest BCUT2D eigenvalue weighted by atomic mass is 10.0. The van der Waals surface area contributed by atoms with Gasteiger partial charge in [-0.05, 0) is 12.3 Å². The van der Waals surface area contributed by atoms with Gasteiger partial charge in [-0.25, -0.2) is 4.98 Å². The molecule has 17 heavy (non-hydrogen) atoms. The molecule has 1 aromatic heterocycles. The van der Waals surface area contributed by atoms with Crippen LogP contribution >= 0.6 is 0 Å². The van der Waals surface area contributed by atoms with Crippen LogP contribution in [0.3, 0.4) is 0 Å². The fourth-order valence-corrected chi connectivity index (χ4v) is 1.37. The first-order valence-corrected chi connectivity index (χ1v) is 5.37. The average Bonchev–Trinajstić information content (AvgIpc) is 2.28. The Morgan fingerprint density at radius 3 is 2.59 bits per heavy atom. The van der Waals surface area contributed by atoms with Gasteiger partial charge in [0.15, 0.2) is 0 Å². The third-order valence-electron chi connectivity index (χ3n) is 2.15. The highest BCUT2D eigenvalue weighted by Gasteiger charge is 2.20. The molecule has 2 amide bonds. The molecular formula is C11H16N4O2. The van der Waals surface area contributed by atoms with Crippen LogP contribution in [0.4, 0.5) is 0 Å². The van der Waals surface area contributed by atoms with Gasteiger partial charge in [-0.3, -0.25) is 14.6 Å². The molecule has 0 aliphatic rings. The highest BCUT2D eigenvalue weighted by atomic mass is 16.2. The van der Waals surface area contributed by atoms with E-state index in [4.69, 9.17) is 5.73 Å². The molecule has 1 heterocycles. The predicted octanol–water partition coefficient (Wildman–Crippen LogP) is 0.106. The summed E-state index contributed by atoms with van der Waals surface area (Å²) >= 11 is 0. The summed E-state index contributed by atoms with van der Waals surface area (Å²) in [5.74, 6) is -0.729. The Morgan fingerprint density at radius 1 is 1.41 bits per heavy atom. The van der Waals surface area contributed by atoms with Crippen molar-refractivity contribution >= 4 is 11.8 Å². The minimum absolute atomic E-state index is 0.169. The quantitative estimate of drug-likeness (QED) is 0.757. The average molecular weight is 236 g/mol. The lowest BCUT2D eigenvalue weighted by Gasteiger charge is -2.16. The fraction of sp³-hybridized carbons (Fsp3) is 0.455. The first kappa shape index (κ1) is 13.1. The van der Waals surface area contributed by atoms with Crippen LogP contribution in [0.1, 0.15) is 30.8 Å². The Balaban J connectivity index is 2.68. The van der Waals surface area contributed by atoms with E-state index < -0.39 is 17.9 Å². The number of nitrogens with zero attached hydrogens (tertiary/aromatic N) is 2. The van der Waals surface area contributed by atoms with Gasteiger partial charge in [0, 0.05) is 12.4 Å². The predicted molar refractivity (Wildman–Crippen MR) is 61.9 cm³/mol. The Hall–Kier alpha value is -1.98. The molecular weight excluding hydrogens is 220 g/mol. The topological polar surface area (TPSA) is 98.0 Å². The van der Waals surface area contributed by atoms with E-state index in [1.807, 2.05) is 13.8 Å². The normalized spacial score (nSPS) is 12.2. The number of hydrogen-bond acceptors (Lipinski definition) is 4. The molecule has 6 nitrogen and oxygen atoms in total. The molecule has 1 unspecified atom stereocenters. The smallest absolute Gasteiger partial charge is 0.272 e. The van der Waals surface area contributed by atoms with Gasteiger partial charge in [-0.15, -0.1) is 0 Å². The van der Waals surface area contributed by atoms with Gasteiger partial charge in [0.2, 0.25) is 5.91 Å². The number of nitrogens with two attached hydrogens (primary N) is 1. The number of carbonyl (C=O) groups excluding carboxylic acids is 2. The minimum Gasteiger partial charge on any atom is -0.368 e. The second-order valence-corrected chi connectivity index (χ2v) is 4.15. The van der Waals surface area contributed by atoms with E-state index in [-0.39, 0.29) is 11.6 Å². The molecule has 3 N–H and O–H groups in total. The van der Waals surface area contributed by atoms with E-state index in [1.165, 1.54) is 18.6 Å². The van der Waals surface area contributed by atoms with Crippen molar-refractivity contribution in [3.05, 3.63) is 24.3 Å². The van der Waals surface area contributed by atoms with Crippen molar-refractivity contribution in [2.75, 3.05) is 0 Å². The maximum atomic E-state index is 11.7. The van der Waals surface area contributed by atoms with Crippen LogP contribution in [-0.2, 0) is 4.79 Å². The molecule has 0 radical (unpaired) electrons. The zero-order valence-electron chi connectivity index (χ0n) is 9.88. The number of primary amides is 1. The van der Waals surface area contributed by atoms with E-state index in [2.05, 4.69) is 15.3 Å². The van der Waals surface area contributed by atoms with Gasteiger partial charge in [-0.2, -0.15) is 0 Å². The number of amides is 2. The van der Waals surface area contributed by atoms with Crippen molar-refractivity contribution < 1.29 is 9.59 Å². The van der Waals surface area contributed by atoms with Crippen LogP contribution in [0, 0.1) is 5.92 Å². The molecule has 0 bridgehead atoms. The highest BCUT2D eigenvalue weighted by Crippen LogP contribution is 2.05. The number of rotatable bonds is 5. The molecule has 0 saturated carbocycles. The van der Waals surface area contributed by atoms with E-state index in [1.54, 1.807) is 0 Å². The van der Waals surface area contributed by atoms with Crippen molar-refractivity contribution in [2.24, 2.45) is 11.7 Å². The number of aromatic nitrogens is 2. The van der Waals surface area contributed by atoms with Gasteiger partial charge in [0.1, 0.15) is 11.7 Å². The Kier molecular flexibility index (Phi) is 4.56. The highest BCUT2D eigenvalue weighted by molar-refractivity contribution is 5.95. The molecule has 92 valence electrons.